The summed E-state index contributed by atoms with van der Waals surface area (Å²) in [6.07, 6.45) is 4.83. The lowest BCUT2D eigenvalue weighted by Gasteiger charge is -2.13. The van der Waals surface area contributed by atoms with E-state index in [9.17, 15) is 5.26 Å². The number of anilines is 1. The zero-order chi connectivity index (χ0) is 22.3. The molecule has 0 aliphatic rings. The molecule has 0 aliphatic heterocycles. The summed E-state index contributed by atoms with van der Waals surface area (Å²) in [6, 6.07) is 11.7. The Labute approximate surface area is 177 Å². The van der Waals surface area contributed by atoms with Crippen LogP contribution in [-0.4, -0.2) is 24.9 Å². The maximum absolute atomic E-state index is 9.17. The van der Waals surface area contributed by atoms with Gasteiger partial charge in [-0.15, -0.1) is 0 Å². The normalized spacial score (nSPS) is 12.8. The lowest BCUT2D eigenvalue weighted by molar-refractivity contribution is 0.291. The summed E-state index contributed by atoms with van der Waals surface area (Å²) >= 11 is 0. The van der Waals surface area contributed by atoms with Gasteiger partial charge in [-0.2, -0.15) is 5.26 Å². The molecule has 0 bridgehead atoms. The minimum absolute atomic E-state index is 0.272. The van der Waals surface area contributed by atoms with Crippen molar-refractivity contribution in [2.45, 2.75) is 20.8 Å². The fraction of sp³-hybridized carbons (Fsp3) is 0.261. The first kappa shape index (κ1) is 22.5. The van der Waals surface area contributed by atoms with E-state index in [0.29, 0.717) is 17.8 Å². The summed E-state index contributed by atoms with van der Waals surface area (Å²) in [4.78, 5) is 9.11. The van der Waals surface area contributed by atoms with Crippen LogP contribution in [-0.2, 0) is 4.74 Å². The van der Waals surface area contributed by atoms with Gasteiger partial charge in [-0.3, -0.25) is 9.98 Å². The minimum atomic E-state index is -0.549. The molecule has 0 saturated carbocycles. The summed E-state index contributed by atoms with van der Waals surface area (Å²) in [7, 11) is 1.50. The highest BCUT2D eigenvalue weighted by molar-refractivity contribution is 6.11. The van der Waals surface area contributed by atoms with Crippen molar-refractivity contribution >= 4 is 23.6 Å². The molecule has 0 saturated heterocycles. The third-order valence-corrected chi connectivity index (χ3v) is 4.44. The van der Waals surface area contributed by atoms with Gasteiger partial charge in [0.1, 0.15) is 0 Å². The van der Waals surface area contributed by atoms with Crippen molar-refractivity contribution in [2.24, 2.45) is 21.9 Å². The van der Waals surface area contributed by atoms with E-state index in [1.54, 1.807) is 12.3 Å². The van der Waals surface area contributed by atoms with Gasteiger partial charge in [0.05, 0.1) is 30.8 Å². The smallest absolute Gasteiger partial charge is 0.184 e. The zero-order valence-corrected chi connectivity index (χ0v) is 17.8. The Kier molecular flexibility index (Phi) is 7.21. The summed E-state index contributed by atoms with van der Waals surface area (Å²) in [5.41, 5.74) is 22.5. The van der Waals surface area contributed by atoms with Crippen LogP contribution in [0.1, 0.15) is 30.7 Å². The molecule has 0 unspecified atom stereocenters. The third-order valence-electron chi connectivity index (χ3n) is 4.44. The van der Waals surface area contributed by atoms with Gasteiger partial charge in [0.25, 0.3) is 0 Å². The van der Waals surface area contributed by atoms with Crippen molar-refractivity contribution in [1.29, 1.82) is 5.26 Å². The van der Waals surface area contributed by atoms with Crippen molar-refractivity contribution in [2.75, 3.05) is 19.4 Å². The number of benzene rings is 1. The Hall–Kier alpha value is -3.79. The van der Waals surface area contributed by atoms with Gasteiger partial charge >= 0.3 is 0 Å². The van der Waals surface area contributed by atoms with E-state index < -0.39 is 5.41 Å². The minimum Gasteiger partial charge on any atom is -0.483 e. The SMILES string of the molecule is CO/C(N)=C/c1ccc(-c2nc(C)ccc2/C(C=NCC(C)(C)C#N)=C/N)cc1N. The van der Waals surface area contributed by atoms with Gasteiger partial charge in [-0.25, -0.2) is 0 Å². The summed E-state index contributed by atoms with van der Waals surface area (Å²) in [6.45, 7) is 5.96. The highest BCUT2D eigenvalue weighted by atomic mass is 16.5. The van der Waals surface area contributed by atoms with E-state index in [1.165, 1.54) is 13.3 Å². The molecule has 0 radical (unpaired) electrons. The second-order valence-corrected chi connectivity index (χ2v) is 7.53. The molecular weight excluding hydrogens is 376 g/mol. The number of aliphatic imine (C=N–C) groups is 1. The first-order valence-electron chi connectivity index (χ1n) is 9.43. The van der Waals surface area contributed by atoms with E-state index in [1.807, 2.05) is 51.1 Å². The van der Waals surface area contributed by atoms with Crippen LogP contribution >= 0.6 is 0 Å². The second-order valence-electron chi connectivity index (χ2n) is 7.53. The first-order valence-corrected chi connectivity index (χ1v) is 9.43. The number of nitrogens with zero attached hydrogens (tertiary/aromatic N) is 3. The quantitative estimate of drug-likeness (QED) is 0.367. The molecule has 30 heavy (non-hydrogen) atoms. The number of hydrogen-bond donors (Lipinski definition) is 3. The van der Waals surface area contributed by atoms with Crippen LogP contribution in [0.4, 0.5) is 5.69 Å². The van der Waals surface area contributed by atoms with Crippen LogP contribution < -0.4 is 17.2 Å². The average molecular weight is 405 g/mol. The molecule has 0 spiro atoms. The Morgan fingerprint density at radius 2 is 2.03 bits per heavy atom. The Morgan fingerprint density at radius 3 is 2.63 bits per heavy atom. The Morgan fingerprint density at radius 1 is 1.30 bits per heavy atom. The number of methoxy groups -OCH3 is 1. The highest BCUT2D eigenvalue weighted by Gasteiger charge is 2.16. The van der Waals surface area contributed by atoms with Crippen LogP contribution in [0, 0.1) is 23.7 Å². The molecule has 0 atom stereocenters. The molecule has 6 N–H and O–H groups in total. The molecule has 0 aliphatic carbocycles. The molecule has 0 amide bonds. The number of nitrogens with two attached hydrogens (primary N) is 3. The van der Waals surface area contributed by atoms with E-state index in [0.717, 1.165) is 28.1 Å². The lowest BCUT2D eigenvalue weighted by atomic mass is 9.96. The lowest BCUT2D eigenvalue weighted by Crippen LogP contribution is -2.12. The van der Waals surface area contributed by atoms with Gasteiger partial charge in [-0.05, 0) is 32.9 Å². The molecular formula is C23H28N6O. The second kappa shape index (κ2) is 9.61. The summed E-state index contributed by atoms with van der Waals surface area (Å²) in [5, 5.41) is 9.17. The molecule has 7 heteroatoms. The number of aromatic nitrogens is 1. The van der Waals surface area contributed by atoms with Gasteiger partial charge in [0.15, 0.2) is 5.88 Å². The number of aryl methyl sites for hydroxylation is 1. The third kappa shape index (κ3) is 5.61. The van der Waals surface area contributed by atoms with Crippen LogP contribution in [0.25, 0.3) is 22.9 Å². The van der Waals surface area contributed by atoms with E-state index >= 15 is 0 Å². The maximum Gasteiger partial charge on any atom is 0.184 e. The van der Waals surface area contributed by atoms with Gasteiger partial charge < -0.3 is 21.9 Å². The summed E-state index contributed by atoms with van der Waals surface area (Å²) in [5.74, 6) is 0.272. The standard InChI is InChI=1S/C23H28N6O/c1-15-5-8-19(18(11-24)12-28-14-23(2,3)13-25)22(29-15)17-7-6-16(20(26)9-17)10-21(27)30-4/h5-12H,14,24,26-27H2,1-4H3/b18-11+,21-10+,28-12?. The van der Waals surface area contributed by atoms with E-state index in [4.69, 9.17) is 26.9 Å². The van der Waals surface area contributed by atoms with Gasteiger partial charge in [0.2, 0.25) is 0 Å². The molecule has 1 heterocycles. The Balaban J connectivity index is 2.48. The van der Waals surface area contributed by atoms with Crippen LogP contribution in [0.5, 0.6) is 0 Å². The van der Waals surface area contributed by atoms with Crippen molar-refractivity contribution in [1.82, 2.24) is 4.98 Å². The topological polar surface area (TPSA) is 136 Å². The fourth-order valence-corrected chi connectivity index (χ4v) is 2.69. The van der Waals surface area contributed by atoms with Crippen molar-refractivity contribution in [3.05, 3.63) is 59.2 Å². The number of hydrogen-bond acceptors (Lipinski definition) is 7. The molecule has 1 aromatic carbocycles. The van der Waals surface area contributed by atoms with Crippen molar-refractivity contribution < 1.29 is 4.74 Å². The number of ether oxygens (including phenoxy) is 1. The average Bonchev–Trinajstić information content (AvgIpc) is 2.72. The van der Waals surface area contributed by atoms with Crippen molar-refractivity contribution in [3.63, 3.8) is 0 Å². The fourth-order valence-electron chi connectivity index (χ4n) is 2.69. The number of nitriles is 1. The van der Waals surface area contributed by atoms with Gasteiger partial charge in [0, 0.05) is 52.1 Å². The molecule has 156 valence electrons. The largest absolute Gasteiger partial charge is 0.483 e. The predicted octanol–water partition coefficient (Wildman–Crippen LogP) is 3.46. The molecule has 2 rings (SSSR count). The molecule has 2 aromatic rings. The molecule has 1 aromatic heterocycles. The summed E-state index contributed by atoms with van der Waals surface area (Å²) < 4.78 is 4.99. The number of nitrogen functional groups attached to an aromatic ring is 1. The predicted molar refractivity (Wildman–Crippen MR) is 123 cm³/mol. The van der Waals surface area contributed by atoms with Gasteiger partial charge in [-0.1, -0.05) is 18.2 Å². The van der Waals surface area contributed by atoms with Crippen LogP contribution in [0.2, 0.25) is 0 Å². The number of pyridine rings is 1. The molecule has 7 nitrogen and oxygen atoms in total. The van der Waals surface area contributed by atoms with E-state index in [-0.39, 0.29) is 5.88 Å². The first-order chi connectivity index (χ1) is 14.2. The zero-order valence-electron chi connectivity index (χ0n) is 17.8. The van der Waals surface area contributed by atoms with Crippen molar-refractivity contribution in [3.8, 4) is 17.3 Å². The monoisotopic (exact) mass is 404 g/mol. The van der Waals surface area contributed by atoms with E-state index in [2.05, 4.69) is 11.1 Å². The van der Waals surface area contributed by atoms with Crippen LogP contribution in [0.15, 0.2) is 47.4 Å². The van der Waals surface area contributed by atoms with Crippen LogP contribution in [0.3, 0.4) is 0 Å². The highest BCUT2D eigenvalue weighted by Crippen LogP contribution is 2.30. The number of allylic oxidation sites excluding steroid dienone is 1. The Bertz CT molecular complexity index is 1040. The number of rotatable bonds is 7. The maximum atomic E-state index is 9.17. The molecule has 0 fully saturated rings.